The summed E-state index contributed by atoms with van der Waals surface area (Å²) >= 11 is 1.66. The van der Waals surface area contributed by atoms with Crippen molar-refractivity contribution >= 4 is 41.7 Å². The molecule has 174 valence electrons. The lowest BCUT2D eigenvalue weighted by Gasteiger charge is -2.26. The summed E-state index contributed by atoms with van der Waals surface area (Å²) in [4.78, 5) is 7.19. The number of guanidine groups is 1. The molecule has 10 heteroatoms. The fourth-order valence-corrected chi connectivity index (χ4v) is 3.83. The zero-order chi connectivity index (χ0) is 20.9. The van der Waals surface area contributed by atoms with Gasteiger partial charge in [0.15, 0.2) is 11.1 Å². The van der Waals surface area contributed by atoms with E-state index in [4.69, 9.17) is 9.73 Å². The zero-order valence-corrected chi connectivity index (χ0v) is 22.2. The number of aliphatic imine (C=N–C) groups is 1. The van der Waals surface area contributed by atoms with Gasteiger partial charge in [-0.3, -0.25) is 9.89 Å². The fourth-order valence-electron chi connectivity index (χ4n) is 3.31. The van der Waals surface area contributed by atoms with Gasteiger partial charge in [0, 0.05) is 45.7 Å². The zero-order valence-electron chi connectivity index (χ0n) is 19.0. The minimum atomic E-state index is 0. The van der Waals surface area contributed by atoms with Gasteiger partial charge in [-0.05, 0) is 38.5 Å². The van der Waals surface area contributed by atoms with Crippen LogP contribution in [-0.2, 0) is 17.7 Å². The van der Waals surface area contributed by atoms with Gasteiger partial charge in [-0.25, -0.2) is 0 Å². The number of aromatic nitrogens is 3. The Morgan fingerprint density at radius 2 is 1.97 bits per heavy atom. The van der Waals surface area contributed by atoms with Crippen LogP contribution < -0.4 is 10.6 Å². The third kappa shape index (κ3) is 10.1. The Morgan fingerprint density at radius 3 is 2.63 bits per heavy atom. The van der Waals surface area contributed by atoms with E-state index in [0.29, 0.717) is 5.92 Å². The maximum atomic E-state index is 5.40. The summed E-state index contributed by atoms with van der Waals surface area (Å²) in [5, 5.41) is 16.5. The van der Waals surface area contributed by atoms with Gasteiger partial charge < -0.3 is 19.9 Å². The average molecular weight is 554 g/mol. The molecule has 0 aromatic carbocycles. The lowest BCUT2D eigenvalue weighted by Crippen LogP contribution is -2.40. The molecule has 0 saturated carbocycles. The van der Waals surface area contributed by atoms with Crippen LogP contribution >= 0.6 is 35.7 Å². The smallest absolute Gasteiger partial charge is 0.191 e. The maximum Gasteiger partial charge on any atom is 0.191 e. The largest absolute Gasteiger partial charge is 0.379 e. The molecule has 0 unspecified atom stereocenters. The number of nitrogens with one attached hydrogen (secondary N) is 2. The van der Waals surface area contributed by atoms with Crippen molar-refractivity contribution in [1.29, 1.82) is 0 Å². The molecule has 1 aromatic rings. The second-order valence-electron chi connectivity index (χ2n) is 7.71. The minimum absolute atomic E-state index is 0. The average Bonchev–Trinajstić information content (AvgIpc) is 3.10. The van der Waals surface area contributed by atoms with Gasteiger partial charge in [0.2, 0.25) is 0 Å². The highest BCUT2D eigenvalue weighted by atomic mass is 127. The Morgan fingerprint density at radius 1 is 1.20 bits per heavy atom. The monoisotopic (exact) mass is 553 g/mol. The molecule has 2 heterocycles. The van der Waals surface area contributed by atoms with Crippen LogP contribution in [-0.4, -0.2) is 84.4 Å². The first-order chi connectivity index (χ1) is 14.1. The molecule has 0 atom stereocenters. The number of nitrogens with zero attached hydrogens (tertiary/aromatic N) is 5. The molecule has 1 aromatic heterocycles. The maximum absolute atomic E-state index is 5.40. The molecule has 0 spiro atoms. The highest BCUT2D eigenvalue weighted by Crippen LogP contribution is 2.16. The highest BCUT2D eigenvalue weighted by molar-refractivity contribution is 14.0. The SMILES string of the molecule is CCNC(=NCCCc1nnc(SC)n1CC(C)C)NCCCN1CCOCC1.I. The van der Waals surface area contributed by atoms with Gasteiger partial charge in [0.1, 0.15) is 5.82 Å². The molecule has 1 saturated heterocycles. The van der Waals surface area contributed by atoms with E-state index < -0.39 is 0 Å². The van der Waals surface area contributed by atoms with Crippen molar-refractivity contribution in [1.82, 2.24) is 30.3 Å². The third-order valence-electron chi connectivity index (χ3n) is 4.74. The van der Waals surface area contributed by atoms with Crippen LogP contribution in [0.2, 0.25) is 0 Å². The Kier molecular flexibility index (Phi) is 14.7. The normalized spacial score (nSPS) is 15.3. The van der Waals surface area contributed by atoms with Crippen LogP contribution in [0, 0.1) is 5.92 Å². The van der Waals surface area contributed by atoms with Crippen LogP contribution in [0.25, 0.3) is 0 Å². The molecule has 1 fully saturated rings. The summed E-state index contributed by atoms with van der Waals surface area (Å²) in [6.07, 6.45) is 5.04. The van der Waals surface area contributed by atoms with Crippen LogP contribution in [0.4, 0.5) is 0 Å². The van der Waals surface area contributed by atoms with Crippen LogP contribution in [0.15, 0.2) is 10.1 Å². The van der Waals surface area contributed by atoms with Crippen LogP contribution in [0.5, 0.6) is 0 Å². The first-order valence-electron chi connectivity index (χ1n) is 10.9. The van der Waals surface area contributed by atoms with E-state index in [0.717, 1.165) is 95.2 Å². The van der Waals surface area contributed by atoms with Crippen molar-refractivity contribution in [3.8, 4) is 0 Å². The number of hydrogen-bond acceptors (Lipinski definition) is 6. The first kappa shape index (κ1) is 27.4. The molecule has 2 N–H and O–H groups in total. The predicted molar refractivity (Wildman–Crippen MR) is 136 cm³/mol. The Hall–Kier alpha value is -0.590. The van der Waals surface area contributed by atoms with Gasteiger partial charge in [0.25, 0.3) is 0 Å². The van der Waals surface area contributed by atoms with Crippen molar-refractivity contribution in [2.24, 2.45) is 10.9 Å². The summed E-state index contributed by atoms with van der Waals surface area (Å²) in [6, 6.07) is 0. The molecular weight excluding hydrogens is 513 g/mol. The standard InChI is InChI=1S/C20H39N7OS.HI/c1-5-21-19(23-10-7-11-26-12-14-28-15-13-26)22-9-6-8-18-24-25-20(29-4)27(18)16-17(2)3;/h17H,5-16H2,1-4H3,(H2,21,22,23);1H. The van der Waals surface area contributed by atoms with E-state index in [-0.39, 0.29) is 24.0 Å². The number of morpholine rings is 1. The van der Waals surface area contributed by atoms with Gasteiger partial charge in [-0.1, -0.05) is 25.6 Å². The van der Waals surface area contributed by atoms with Gasteiger partial charge >= 0.3 is 0 Å². The number of thioether (sulfide) groups is 1. The summed E-state index contributed by atoms with van der Waals surface area (Å²) in [5.74, 6) is 2.56. The molecule has 0 radical (unpaired) electrons. The van der Waals surface area contributed by atoms with E-state index in [1.165, 1.54) is 0 Å². The Labute approximate surface area is 203 Å². The molecule has 0 bridgehead atoms. The van der Waals surface area contributed by atoms with E-state index in [2.05, 4.69) is 57.3 Å². The molecule has 2 rings (SSSR count). The Bertz CT molecular complexity index is 606. The topological polar surface area (TPSA) is 79.6 Å². The predicted octanol–water partition coefficient (Wildman–Crippen LogP) is 2.48. The van der Waals surface area contributed by atoms with Crippen molar-refractivity contribution in [2.45, 2.75) is 51.7 Å². The fraction of sp³-hybridized carbons (Fsp3) is 0.850. The Balaban J connectivity index is 0.00000450. The summed E-state index contributed by atoms with van der Waals surface area (Å²) in [7, 11) is 0. The third-order valence-corrected chi connectivity index (χ3v) is 5.41. The molecule has 8 nitrogen and oxygen atoms in total. The number of aryl methyl sites for hydroxylation is 1. The summed E-state index contributed by atoms with van der Waals surface area (Å²) in [5.41, 5.74) is 0. The lowest BCUT2D eigenvalue weighted by atomic mass is 10.2. The van der Waals surface area contributed by atoms with Gasteiger partial charge in [-0.15, -0.1) is 34.2 Å². The van der Waals surface area contributed by atoms with Gasteiger partial charge in [0.05, 0.1) is 13.2 Å². The number of rotatable bonds is 12. The van der Waals surface area contributed by atoms with E-state index >= 15 is 0 Å². The summed E-state index contributed by atoms with van der Waals surface area (Å²) in [6.45, 7) is 15.0. The lowest BCUT2D eigenvalue weighted by molar-refractivity contribution is 0.0376. The molecule has 30 heavy (non-hydrogen) atoms. The highest BCUT2D eigenvalue weighted by Gasteiger charge is 2.12. The van der Waals surface area contributed by atoms with E-state index in [9.17, 15) is 0 Å². The van der Waals surface area contributed by atoms with E-state index in [1.54, 1.807) is 11.8 Å². The molecular formula is C20H40IN7OS. The number of ether oxygens (including phenoxy) is 1. The molecule has 1 aliphatic heterocycles. The number of hydrogen-bond donors (Lipinski definition) is 2. The second-order valence-corrected chi connectivity index (χ2v) is 8.48. The molecule has 1 aliphatic rings. The van der Waals surface area contributed by atoms with Crippen LogP contribution in [0.3, 0.4) is 0 Å². The van der Waals surface area contributed by atoms with E-state index in [1.807, 2.05) is 0 Å². The van der Waals surface area contributed by atoms with Crippen molar-refractivity contribution in [3.05, 3.63) is 5.82 Å². The molecule has 0 amide bonds. The van der Waals surface area contributed by atoms with Crippen LogP contribution in [0.1, 0.15) is 39.4 Å². The summed E-state index contributed by atoms with van der Waals surface area (Å²) < 4.78 is 7.66. The second kappa shape index (κ2) is 16.1. The minimum Gasteiger partial charge on any atom is -0.379 e. The quantitative estimate of drug-likeness (QED) is 0.135. The first-order valence-corrected chi connectivity index (χ1v) is 12.1. The van der Waals surface area contributed by atoms with Crippen molar-refractivity contribution < 1.29 is 4.74 Å². The van der Waals surface area contributed by atoms with Gasteiger partial charge in [-0.2, -0.15) is 0 Å². The van der Waals surface area contributed by atoms with Crippen molar-refractivity contribution in [2.75, 3.05) is 58.7 Å². The van der Waals surface area contributed by atoms with Crippen molar-refractivity contribution in [3.63, 3.8) is 0 Å². The number of halogens is 1. The molecule has 0 aliphatic carbocycles.